The average molecular weight is 377 g/mol. The van der Waals surface area contributed by atoms with Crippen molar-refractivity contribution >= 4 is 26.0 Å². The van der Waals surface area contributed by atoms with E-state index in [4.69, 9.17) is 4.74 Å². The highest BCUT2D eigenvalue weighted by Gasteiger charge is 2.29. The summed E-state index contributed by atoms with van der Waals surface area (Å²) in [6.07, 6.45) is 0.642. The number of rotatable bonds is 4. The zero-order valence-corrected chi connectivity index (χ0v) is 14.7. The van der Waals surface area contributed by atoms with Crippen LogP contribution in [0.15, 0.2) is 27.6 Å². The van der Waals surface area contributed by atoms with Crippen LogP contribution in [0.3, 0.4) is 0 Å². The molecule has 1 aliphatic heterocycles. The Labute approximate surface area is 134 Å². The predicted molar refractivity (Wildman–Crippen MR) is 85.7 cm³/mol. The van der Waals surface area contributed by atoms with E-state index in [1.165, 1.54) is 4.31 Å². The molecule has 0 spiro atoms. The van der Waals surface area contributed by atoms with Gasteiger partial charge in [-0.15, -0.1) is 0 Å². The zero-order valence-electron chi connectivity index (χ0n) is 12.3. The molecular weight excluding hydrogens is 356 g/mol. The lowest BCUT2D eigenvalue weighted by Crippen LogP contribution is -2.36. The smallest absolute Gasteiger partial charge is 0.244 e. The van der Waals surface area contributed by atoms with Crippen molar-refractivity contribution in [3.05, 3.63) is 28.2 Å². The van der Waals surface area contributed by atoms with Gasteiger partial charge in [0.05, 0.1) is 11.0 Å². The average Bonchev–Trinajstić information content (AvgIpc) is 2.64. The lowest BCUT2D eigenvalue weighted by atomic mass is 10.2. The van der Waals surface area contributed by atoms with Crippen LogP contribution >= 0.6 is 15.9 Å². The third-order valence-corrected chi connectivity index (χ3v) is 6.25. The quantitative estimate of drug-likeness (QED) is 0.872. The summed E-state index contributed by atoms with van der Waals surface area (Å²) in [6.45, 7) is 4.10. The molecule has 1 heterocycles. The van der Waals surface area contributed by atoms with Crippen molar-refractivity contribution in [2.75, 3.05) is 26.7 Å². The minimum Gasteiger partial charge on any atom is -0.377 e. The van der Waals surface area contributed by atoms with Gasteiger partial charge in [-0.3, -0.25) is 0 Å². The monoisotopic (exact) mass is 376 g/mol. The molecule has 5 nitrogen and oxygen atoms in total. The Hall–Kier alpha value is -0.470. The molecule has 1 aliphatic rings. The molecule has 1 N–H and O–H groups in total. The fourth-order valence-electron chi connectivity index (χ4n) is 2.38. The first-order valence-corrected chi connectivity index (χ1v) is 9.23. The maximum absolute atomic E-state index is 12.8. The van der Waals surface area contributed by atoms with Crippen molar-refractivity contribution < 1.29 is 13.2 Å². The van der Waals surface area contributed by atoms with E-state index in [0.717, 1.165) is 12.0 Å². The molecule has 2 rings (SSSR count). The standard InChI is InChI=1S/C14H21BrN2O3S/c1-11-10-17(6-3-7-20-11)21(18,19)14-5-4-12(9-16-2)8-13(14)15/h4-5,8,11,16H,3,6-7,9-10H2,1-2H3. The summed E-state index contributed by atoms with van der Waals surface area (Å²) in [7, 11) is -1.64. The second-order valence-electron chi connectivity index (χ2n) is 5.19. The van der Waals surface area contributed by atoms with Crippen molar-refractivity contribution in [1.82, 2.24) is 9.62 Å². The normalized spacial score (nSPS) is 21.2. The van der Waals surface area contributed by atoms with Crippen LogP contribution in [-0.2, 0) is 21.3 Å². The van der Waals surface area contributed by atoms with Gasteiger partial charge in [0, 0.05) is 30.7 Å². The molecule has 1 fully saturated rings. The van der Waals surface area contributed by atoms with E-state index in [9.17, 15) is 8.42 Å². The number of nitrogens with zero attached hydrogens (tertiary/aromatic N) is 1. The van der Waals surface area contributed by atoms with Gasteiger partial charge in [0.15, 0.2) is 0 Å². The van der Waals surface area contributed by atoms with Gasteiger partial charge in [-0.1, -0.05) is 6.07 Å². The highest BCUT2D eigenvalue weighted by molar-refractivity contribution is 9.10. The third kappa shape index (κ3) is 4.04. The van der Waals surface area contributed by atoms with Crippen molar-refractivity contribution in [2.45, 2.75) is 30.9 Å². The molecule has 0 aromatic heterocycles. The number of hydrogen-bond donors (Lipinski definition) is 1. The Morgan fingerprint density at radius 1 is 1.48 bits per heavy atom. The van der Waals surface area contributed by atoms with Gasteiger partial charge >= 0.3 is 0 Å². The van der Waals surface area contributed by atoms with Crippen LogP contribution in [0.4, 0.5) is 0 Å². The van der Waals surface area contributed by atoms with E-state index in [2.05, 4.69) is 21.2 Å². The second kappa shape index (κ2) is 7.19. The summed E-state index contributed by atoms with van der Waals surface area (Å²) in [5.41, 5.74) is 1.04. The van der Waals surface area contributed by atoms with Crippen molar-refractivity contribution in [3.8, 4) is 0 Å². The molecule has 1 aromatic carbocycles. The van der Waals surface area contributed by atoms with Crippen molar-refractivity contribution in [2.24, 2.45) is 0 Å². The van der Waals surface area contributed by atoms with Crippen molar-refractivity contribution in [3.63, 3.8) is 0 Å². The van der Waals surface area contributed by atoms with Crippen molar-refractivity contribution in [1.29, 1.82) is 0 Å². The van der Waals surface area contributed by atoms with Crippen LogP contribution in [0.25, 0.3) is 0 Å². The summed E-state index contributed by atoms with van der Waals surface area (Å²) in [5.74, 6) is 0. The largest absolute Gasteiger partial charge is 0.377 e. The van der Waals surface area contributed by atoms with Crippen LogP contribution < -0.4 is 5.32 Å². The van der Waals surface area contributed by atoms with Gasteiger partial charge in [-0.25, -0.2) is 8.42 Å². The molecular formula is C14H21BrN2O3S. The van der Waals surface area contributed by atoms with Crippen LogP contribution in [0.5, 0.6) is 0 Å². The van der Waals surface area contributed by atoms with Gasteiger partial charge in [0.25, 0.3) is 0 Å². The first kappa shape index (κ1) is 16.9. The lowest BCUT2D eigenvalue weighted by Gasteiger charge is -2.22. The van der Waals surface area contributed by atoms with Crippen LogP contribution in [-0.4, -0.2) is 45.6 Å². The number of hydrogen-bond acceptors (Lipinski definition) is 4. The summed E-state index contributed by atoms with van der Waals surface area (Å²) in [6, 6.07) is 5.36. The number of sulfonamides is 1. The molecule has 0 radical (unpaired) electrons. The summed E-state index contributed by atoms with van der Waals surface area (Å²) in [5, 5.41) is 3.05. The van der Waals surface area contributed by atoms with Gasteiger partial charge in [0.1, 0.15) is 0 Å². The molecule has 0 amide bonds. The maximum Gasteiger partial charge on any atom is 0.244 e. The predicted octanol–water partition coefficient (Wildman–Crippen LogP) is 1.97. The van der Waals surface area contributed by atoms with E-state index in [1.807, 2.05) is 26.1 Å². The van der Waals surface area contributed by atoms with E-state index in [-0.39, 0.29) is 6.10 Å². The molecule has 0 aliphatic carbocycles. The number of benzene rings is 1. The lowest BCUT2D eigenvalue weighted by molar-refractivity contribution is 0.0752. The highest BCUT2D eigenvalue weighted by Crippen LogP contribution is 2.27. The Kier molecular flexibility index (Phi) is 5.79. The zero-order chi connectivity index (χ0) is 15.5. The SMILES string of the molecule is CNCc1ccc(S(=O)(=O)N2CCCOC(C)C2)c(Br)c1. The van der Waals surface area contributed by atoms with Crippen LogP contribution in [0, 0.1) is 0 Å². The summed E-state index contributed by atoms with van der Waals surface area (Å²) in [4.78, 5) is 0.316. The highest BCUT2D eigenvalue weighted by atomic mass is 79.9. The number of halogens is 1. The van der Waals surface area contributed by atoms with E-state index in [1.54, 1.807) is 6.07 Å². The number of ether oxygens (including phenoxy) is 1. The maximum atomic E-state index is 12.8. The van der Waals surface area contributed by atoms with Crippen LogP contribution in [0.2, 0.25) is 0 Å². The van der Waals surface area contributed by atoms with E-state index < -0.39 is 10.0 Å². The van der Waals surface area contributed by atoms with Gasteiger partial charge in [-0.2, -0.15) is 4.31 Å². The molecule has 118 valence electrons. The van der Waals surface area contributed by atoms with Gasteiger partial charge in [0.2, 0.25) is 10.0 Å². The Morgan fingerprint density at radius 3 is 2.90 bits per heavy atom. The third-order valence-electron chi connectivity index (χ3n) is 3.41. The fourth-order valence-corrected chi connectivity index (χ4v) is 5.02. The first-order valence-electron chi connectivity index (χ1n) is 7.00. The first-order chi connectivity index (χ1) is 9.95. The fraction of sp³-hybridized carbons (Fsp3) is 0.571. The van der Waals surface area contributed by atoms with E-state index >= 15 is 0 Å². The Morgan fingerprint density at radius 2 is 2.24 bits per heavy atom. The second-order valence-corrected chi connectivity index (χ2v) is 7.95. The van der Waals surface area contributed by atoms with Gasteiger partial charge in [-0.05, 0) is 54.0 Å². The molecule has 0 saturated carbocycles. The Bertz CT molecular complexity index is 592. The van der Waals surface area contributed by atoms with Gasteiger partial charge < -0.3 is 10.1 Å². The molecule has 1 atom stereocenters. The molecule has 21 heavy (non-hydrogen) atoms. The van der Waals surface area contributed by atoms with Crippen LogP contribution in [0.1, 0.15) is 18.9 Å². The molecule has 1 aromatic rings. The molecule has 1 unspecified atom stereocenters. The Balaban J connectivity index is 2.30. The summed E-state index contributed by atoms with van der Waals surface area (Å²) < 4.78 is 33.2. The minimum atomic E-state index is -3.49. The topological polar surface area (TPSA) is 58.6 Å². The number of nitrogens with one attached hydrogen (secondary N) is 1. The summed E-state index contributed by atoms with van der Waals surface area (Å²) >= 11 is 3.39. The minimum absolute atomic E-state index is 0.0791. The molecule has 1 saturated heterocycles. The molecule has 7 heteroatoms. The molecule has 0 bridgehead atoms. The van der Waals surface area contributed by atoms with E-state index in [0.29, 0.717) is 35.6 Å².